The van der Waals surface area contributed by atoms with E-state index < -0.39 is 22.7 Å². The third kappa shape index (κ3) is 2.85. The van der Waals surface area contributed by atoms with Crippen molar-refractivity contribution < 1.29 is 24.0 Å². The largest absolute Gasteiger partial charge is 0.457 e. The molecule has 0 saturated heterocycles. The van der Waals surface area contributed by atoms with Gasteiger partial charge in [-0.1, -0.05) is 12.1 Å². The third-order valence-electron chi connectivity index (χ3n) is 3.87. The van der Waals surface area contributed by atoms with E-state index >= 15 is 0 Å². The number of rotatable bonds is 4. The molecule has 0 spiro atoms. The van der Waals surface area contributed by atoms with E-state index in [1.807, 2.05) is 0 Å². The van der Waals surface area contributed by atoms with Crippen LogP contribution in [0.15, 0.2) is 42.5 Å². The van der Waals surface area contributed by atoms with Crippen molar-refractivity contribution in [3.05, 3.63) is 74.8 Å². The molecule has 3 rings (SSSR count). The molecule has 25 heavy (non-hydrogen) atoms. The number of nitro benzene ring substituents is 1. The van der Waals surface area contributed by atoms with Crippen LogP contribution >= 0.6 is 0 Å². The van der Waals surface area contributed by atoms with Gasteiger partial charge in [-0.05, 0) is 24.3 Å². The SMILES string of the molecule is CN1C(=O)c2ccc(C(=O)OCc3ccccc3[N+](=O)[O-])cc2C1=O. The van der Waals surface area contributed by atoms with Crippen molar-refractivity contribution in [3.63, 3.8) is 0 Å². The number of imide groups is 1. The van der Waals surface area contributed by atoms with Gasteiger partial charge in [-0.2, -0.15) is 0 Å². The van der Waals surface area contributed by atoms with Crippen molar-refractivity contribution in [1.29, 1.82) is 0 Å². The molecule has 1 heterocycles. The van der Waals surface area contributed by atoms with E-state index in [2.05, 4.69) is 0 Å². The molecule has 8 nitrogen and oxygen atoms in total. The Kier molecular flexibility index (Phi) is 4.02. The second kappa shape index (κ2) is 6.16. The second-order valence-electron chi connectivity index (χ2n) is 5.39. The molecule has 0 unspecified atom stereocenters. The van der Waals surface area contributed by atoms with Gasteiger partial charge in [0.25, 0.3) is 17.5 Å². The highest BCUT2D eigenvalue weighted by Crippen LogP contribution is 2.24. The van der Waals surface area contributed by atoms with Gasteiger partial charge in [0.15, 0.2) is 0 Å². The zero-order valence-electron chi connectivity index (χ0n) is 13.1. The predicted molar refractivity (Wildman–Crippen MR) is 85.1 cm³/mol. The molecular weight excluding hydrogens is 328 g/mol. The van der Waals surface area contributed by atoms with Crippen molar-refractivity contribution in [1.82, 2.24) is 4.90 Å². The summed E-state index contributed by atoms with van der Waals surface area (Å²) < 4.78 is 5.10. The average Bonchev–Trinajstić information content (AvgIpc) is 2.84. The maximum absolute atomic E-state index is 12.2. The van der Waals surface area contributed by atoms with Crippen molar-refractivity contribution in [2.75, 3.05) is 7.05 Å². The molecule has 0 atom stereocenters. The molecule has 0 radical (unpaired) electrons. The van der Waals surface area contributed by atoms with Gasteiger partial charge in [0.2, 0.25) is 0 Å². The number of carbonyl (C=O) groups excluding carboxylic acids is 3. The molecule has 0 aliphatic carbocycles. The summed E-state index contributed by atoms with van der Waals surface area (Å²) >= 11 is 0. The van der Waals surface area contributed by atoms with Crippen LogP contribution in [0.4, 0.5) is 5.69 Å². The minimum atomic E-state index is -0.740. The maximum Gasteiger partial charge on any atom is 0.338 e. The van der Waals surface area contributed by atoms with Crippen molar-refractivity contribution in [2.24, 2.45) is 0 Å². The van der Waals surface area contributed by atoms with Gasteiger partial charge in [-0.3, -0.25) is 24.6 Å². The van der Waals surface area contributed by atoms with E-state index in [1.165, 1.54) is 43.4 Å². The first-order valence-electron chi connectivity index (χ1n) is 7.26. The lowest BCUT2D eigenvalue weighted by molar-refractivity contribution is -0.385. The number of para-hydroxylation sites is 1. The molecule has 1 aliphatic rings. The third-order valence-corrected chi connectivity index (χ3v) is 3.87. The average molecular weight is 340 g/mol. The quantitative estimate of drug-likeness (QED) is 0.365. The van der Waals surface area contributed by atoms with Gasteiger partial charge in [-0.15, -0.1) is 0 Å². The number of nitrogens with zero attached hydrogens (tertiary/aromatic N) is 2. The van der Waals surface area contributed by atoms with Gasteiger partial charge < -0.3 is 4.74 Å². The molecular formula is C17H12N2O6. The standard InChI is InChI=1S/C17H12N2O6/c1-18-15(20)12-7-6-10(8-13(12)16(18)21)17(22)25-9-11-4-2-3-5-14(11)19(23)24/h2-8H,9H2,1H3. The Bertz CT molecular complexity index is 921. The molecule has 1 aliphatic heterocycles. The molecule has 0 saturated carbocycles. The molecule has 0 bridgehead atoms. The molecule has 0 aromatic heterocycles. The lowest BCUT2D eigenvalue weighted by Gasteiger charge is -2.06. The Morgan fingerprint density at radius 2 is 1.80 bits per heavy atom. The van der Waals surface area contributed by atoms with Crippen LogP contribution in [-0.2, 0) is 11.3 Å². The molecule has 0 fully saturated rings. The second-order valence-corrected chi connectivity index (χ2v) is 5.39. The van der Waals surface area contributed by atoms with Crippen molar-refractivity contribution >= 4 is 23.5 Å². The van der Waals surface area contributed by atoms with Crippen LogP contribution in [0.5, 0.6) is 0 Å². The minimum absolute atomic E-state index is 0.0915. The van der Waals surface area contributed by atoms with Crippen LogP contribution in [0.1, 0.15) is 36.6 Å². The van der Waals surface area contributed by atoms with E-state index in [-0.39, 0.29) is 34.5 Å². The number of carbonyl (C=O) groups is 3. The predicted octanol–water partition coefficient (Wildman–Crippen LogP) is 2.18. The summed E-state index contributed by atoms with van der Waals surface area (Å²) in [5.41, 5.74) is 0.559. The summed E-state index contributed by atoms with van der Waals surface area (Å²) in [6.45, 7) is -0.278. The van der Waals surface area contributed by atoms with Crippen LogP contribution in [0, 0.1) is 10.1 Å². The number of hydrogen-bond donors (Lipinski definition) is 0. The van der Waals surface area contributed by atoms with E-state index in [4.69, 9.17) is 4.74 Å². The summed E-state index contributed by atoms with van der Waals surface area (Å²) in [5, 5.41) is 11.0. The number of nitro groups is 1. The Morgan fingerprint density at radius 3 is 2.52 bits per heavy atom. The fraction of sp³-hybridized carbons (Fsp3) is 0.118. The summed E-state index contributed by atoms with van der Waals surface area (Å²) in [4.78, 5) is 47.3. The lowest BCUT2D eigenvalue weighted by Crippen LogP contribution is -2.24. The number of ether oxygens (including phenoxy) is 1. The zero-order chi connectivity index (χ0) is 18.1. The number of amides is 2. The highest BCUT2D eigenvalue weighted by molar-refractivity contribution is 6.21. The monoisotopic (exact) mass is 340 g/mol. The zero-order valence-corrected chi connectivity index (χ0v) is 13.1. The number of fused-ring (bicyclic) bond motifs is 1. The topological polar surface area (TPSA) is 107 Å². The first-order chi connectivity index (χ1) is 11.9. The molecule has 126 valence electrons. The fourth-order valence-corrected chi connectivity index (χ4v) is 2.53. The first kappa shape index (κ1) is 16.3. The van der Waals surface area contributed by atoms with Crippen LogP contribution < -0.4 is 0 Å². The Hall–Kier alpha value is -3.55. The molecule has 2 aromatic rings. The van der Waals surface area contributed by atoms with E-state index in [1.54, 1.807) is 6.07 Å². The Balaban J connectivity index is 1.79. The normalized spacial score (nSPS) is 12.9. The lowest BCUT2D eigenvalue weighted by atomic mass is 10.1. The highest BCUT2D eigenvalue weighted by atomic mass is 16.6. The summed E-state index contributed by atoms with van der Waals surface area (Å²) in [7, 11) is 1.36. The molecule has 0 N–H and O–H groups in total. The smallest absolute Gasteiger partial charge is 0.338 e. The van der Waals surface area contributed by atoms with Crippen LogP contribution in [0.25, 0.3) is 0 Å². The van der Waals surface area contributed by atoms with Gasteiger partial charge in [-0.25, -0.2) is 4.79 Å². The van der Waals surface area contributed by atoms with Gasteiger partial charge >= 0.3 is 5.97 Å². The number of hydrogen-bond acceptors (Lipinski definition) is 6. The first-order valence-corrected chi connectivity index (χ1v) is 7.26. The number of esters is 1. The van der Waals surface area contributed by atoms with Gasteiger partial charge in [0.1, 0.15) is 6.61 Å². The number of benzene rings is 2. The molecule has 2 aromatic carbocycles. The Morgan fingerprint density at radius 1 is 1.12 bits per heavy atom. The van der Waals surface area contributed by atoms with Gasteiger partial charge in [0.05, 0.1) is 27.2 Å². The van der Waals surface area contributed by atoms with Crippen LogP contribution in [-0.4, -0.2) is 34.7 Å². The minimum Gasteiger partial charge on any atom is -0.457 e. The van der Waals surface area contributed by atoms with Gasteiger partial charge in [0, 0.05) is 13.1 Å². The highest BCUT2D eigenvalue weighted by Gasteiger charge is 2.33. The summed E-state index contributed by atoms with van der Waals surface area (Å²) in [6, 6.07) is 9.99. The Labute approximate surface area is 141 Å². The molecule has 8 heteroatoms. The van der Waals surface area contributed by atoms with Crippen molar-refractivity contribution in [2.45, 2.75) is 6.61 Å². The summed E-state index contributed by atoms with van der Waals surface area (Å²) in [6.07, 6.45) is 0. The van der Waals surface area contributed by atoms with Crippen LogP contribution in [0.3, 0.4) is 0 Å². The van der Waals surface area contributed by atoms with E-state index in [9.17, 15) is 24.5 Å². The van der Waals surface area contributed by atoms with E-state index in [0.29, 0.717) is 0 Å². The molecule has 2 amide bonds. The maximum atomic E-state index is 12.2. The van der Waals surface area contributed by atoms with Crippen LogP contribution in [0.2, 0.25) is 0 Å². The fourth-order valence-electron chi connectivity index (χ4n) is 2.53. The van der Waals surface area contributed by atoms with E-state index in [0.717, 1.165) is 4.90 Å². The summed E-state index contributed by atoms with van der Waals surface area (Å²) in [5.74, 6) is -1.66. The van der Waals surface area contributed by atoms with Crippen molar-refractivity contribution in [3.8, 4) is 0 Å².